The average Bonchev–Trinajstić information content (AvgIpc) is 2.48. The van der Waals surface area contributed by atoms with Gasteiger partial charge in [-0.15, -0.1) is 0 Å². The third kappa shape index (κ3) is 5.79. The molecule has 20 heavy (non-hydrogen) atoms. The van der Waals surface area contributed by atoms with Gasteiger partial charge in [-0.05, 0) is 44.5 Å². The summed E-state index contributed by atoms with van der Waals surface area (Å²) < 4.78 is 0.845. The van der Waals surface area contributed by atoms with E-state index in [1.54, 1.807) is 0 Å². The lowest BCUT2D eigenvalue weighted by Gasteiger charge is -2.29. The van der Waals surface area contributed by atoms with E-state index in [0.717, 1.165) is 22.5 Å². The number of carbonyl (C=O) groups excluding carboxylic acids is 1. The second-order valence-corrected chi connectivity index (χ2v) is 7.14. The van der Waals surface area contributed by atoms with E-state index in [-0.39, 0.29) is 5.91 Å². The first-order valence-corrected chi connectivity index (χ1v) is 8.65. The summed E-state index contributed by atoms with van der Waals surface area (Å²) in [6.07, 6.45) is 4.19. The maximum atomic E-state index is 11.8. The van der Waals surface area contributed by atoms with Crippen LogP contribution < -0.4 is 5.32 Å². The van der Waals surface area contributed by atoms with Crippen LogP contribution in [0.5, 0.6) is 0 Å². The summed E-state index contributed by atoms with van der Waals surface area (Å²) in [6.45, 7) is 4.08. The van der Waals surface area contributed by atoms with E-state index < -0.39 is 0 Å². The molecule has 0 spiro atoms. The van der Waals surface area contributed by atoms with E-state index in [1.165, 1.54) is 25.9 Å². The number of halogens is 1. The van der Waals surface area contributed by atoms with Gasteiger partial charge < -0.3 is 10.2 Å². The summed E-state index contributed by atoms with van der Waals surface area (Å²) in [5.41, 5.74) is 1.16. The van der Waals surface area contributed by atoms with Crippen LogP contribution in [0.4, 0.5) is 0 Å². The number of rotatable bonds is 6. The first-order valence-electron chi connectivity index (χ1n) is 7.41. The van der Waals surface area contributed by atoms with Crippen molar-refractivity contribution in [2.45, 2.75) is 36.2 Å². The van der Waals surface area contributed by atoms with Crippen LogP contribution in [0.15, 0.2) is 30.3 Å². The monoisotopic (exact) mass is 386 g/mol. The summed E-state index contributed by atoms with van der Waals surface area (Å²) >= 11 is 2.54. The smallest absolute Gasteiger partial charge is 0.220 e. The predicted molar refractivity (Wildman–Crippen MR) is 91.0 cm³/mol. The Balaban J connectivity index is 1.56. The van der Waals surface area contributed by atoms with Crippen LogP contribution in [-0.4, -0.2) is 34.4 Å². The van der Waals surface area contributed by atoms with E-state index in [2.05, 4.69) is 32.8 Å². The maximum absolute atomic E-state index is 11.8. The van der Waals surface area contributed by atoms with Gasteiger partial charge in [-0.3, -0.25) is 4.79 Å². The van der Waals surface area contributed by atoms with Crippen LogP contribution in [-0.2, 0) is 11.3 Å². The van der Waals surface area contributed by atoms with Crippen molar-refractivity contribution in [3.05, 3.63) is 35.9 Å². The number of nitrogens with one attached hydrogen (secondary N) is 1. The van der Waals surface area contributed by atoms with Crippen molar-refractivity contribution in [3.8, 4) is 0 Å². The zero-order valence-electron chi connectivity index (χ0n) is 11.9. The number of hydrogen-bond donors (Lipinski definition) is 1. The fourth-order valence-corrected chi connectivity index (χ4v) is 3.03. The molecule has 0 aromatic heterocycles. The van der Waals surface area contributed by atoms with Crippen molar-refractivity contribution in [2.75, 3.05) is 19.6 Å². The molecule has 1 fully saturated rings. The van der Waals surface area contributed by atoms with Gasteiger partial charge in [0.05, 0.1) is 0 Å². The highest BCUT2D eigenvalue weighted by molar-refractivity contribution is 14.1. The second kappa shape index (κ2) is 8.62. The highest BCUT2D eigenvalue weighted by Crippen LogP contribution is 2.17. The molecule has 1 N–H and O–H groups in total. The molecule has 1 aliphatic heterocycles. The second-order valence-electron chi connectivity index (χ2n) is 5.38. The Kier molecular flexibility index (Phi) is 6.79. The van der Waals surface area contributed by atoms with Gasteiger partial charge in [-0.1, -0.05) is 52.9 Å². The SMILES string of the molecule is O=C(CCCN1CCC(I)CC1)NCc1ccccc1. The topological polar surface area (TPSA) is 32.3 Å². The minimum Gasteiger partial charge on any atom is -0.352 e. The van der Waals surface area contributed by atoms with Gasteiger partial charge in [0.25, 0.3) is 0 Å². The van der Waals surface area contributed by atoms with Gasteiger partial charge in [0.15, 0.2) is 0 Å². The minimum absolute atomic E-state index is 0.164. The van der Waals surface area contributed by atoms with Crippen LogP contribution in [0, 0.1) is 0 Å². The highest BCUT2D eigenvalue weighted by Gasteiger charge is 2.16. The van der Waals surface area contributed by atoms with E-state index >= 15 is 0 Å². The molecule has 1 aromatic carbocycles. The first-order chi connectivity index (χ1) is 9.74. The number of nitrogens with zero attached hydrogens (tertiary/aromatic N) is 1. The van der Waals surface area contributed by atoms with Crippen LogP contribution in [0.2, 0.25) is 0 Å². The Labute approximate surface area is 135 Å². The van der Waals surface area contributed by atoms with E-state index in [4.69, 9.17) is 0 Å². The third-order valence-corrected chi connectivity index (χ3v) is 4.97. The van der Waals surface area contributed by atoms with Crippen molar-refractivity contribution < 1.29 is 4.79 Å². The Morgan fingerprint density at radius 3 is 2.65 bits per heavy atom. The van der Waals surface area contributed by atoms with Crippen LogP contribution >= 0.6 is 22.6 Å². The molecule has 0 aliphatic carbocycles. The first kappa shape index (κ1) is 15.8. The Morgan fingerprint density at radius 1 is 1.25 bits per heavy atom. The highest BCUT2D eigenvalue weighted by atomic mass is 127. The molecule has 1 amide bonds. The fraction of sp³-hybridized carbons (Fsp3) is 0.562. The number of amides is 1. The van der Waals surface area contributed by atoms with E-state index in [1.807, 2.05) is 30.3 Å². The molecule has 110 valence electrons. The van der Waals surface area contributed by atoms with Crippen molar-refractivity contribution in [3.63, 3.8) is 0 Å². The van der Waals surface area contributed by atoms with Crippen LogP contribution in [0.1, 0.15) is 31.2 Å². The molecule has 1 aromatic rings. The Morgan fingerprint density at radius 2 is 1.95 bits per heavy atom. The Hall–Kier alpha value is -0.620. The fourth-order valence-electron chi connectivity index (χ4n) is 2.47. The number of carbonyl (C=O) groups is 1. The summed E-state index contributed by atoms with van der Waals surface area (Å²) in [5.74, 6) is 0.164. The van der Waals surface area contributed by atoms with Gasteiger partial charge in [-0.25, -0.2) is 0 Å². The zero-order valence-corrected chi connectivity index (χ0v) is 14.0. The largest absolute Gasteiger partial charge is 0.352 e. The molecule has 1 aliphatic rings. The minimum atomic E-state index is 0.164. The third-order valence-electron chi connectivity index (χ3n) is 3.73. The van der Waals surface area contributed by atoms with Crippen LogP contribution in [0.3, 0.4) is 0 Å². The summed E-state index contributed by atoms with van der Waals surface area (Å²) in [4.78, 5) is 14.3. The molecule has 3 nitrogen and oxygen atoms in total. The molecule has 0 bridgehead atoms. The molecule has 0 saturated carbocycles. The molecule has 0 radical (unpaired) electrons. The van der Waals surface area contributed by atoms with Crippen molar-refractivity contribution >= 4 is 28.5 Å². The van der Waals surface area contributed by atoms with Crippen molar-refractivity contribution in [1.82, 2.24) is 10.2 Å². The summed E-state index contributed by atoms with van der Waals surface area (Å²) in [7, 11) is 0. The maximum Gasteiger partial charge on any atom is 0.220 e. The number of likely N-dealkylation sites (tertiary alicyclic amines) is 1. The quantitative estimate of drug-likeness (QED) is 0.602. The average molecular weight is 386 g/mol. The molecule has 4 heteroatoms. The predicted octanol–water partition coefficient (Wildman–Crippen LogP) is 2.98. The lowest BCUT2D eigenvalue weighted by molar-refractivity contribution is -0.121. The normalized spacial score (nSPS) is 17.1. The standard InChI is InChI=1S/C16H23IN2O/c17-15-8-11-19(12-9-15)10-4-7-16(20)18-13-14-5-2-1-3-6-14/h1-3,5-6,15H,4,7-13H2,(H,18,20). The lowest BCUT2D eigenvalue weighted by atomic mass is 10.1. The number of alkyl halides is 1. The van der Waals surface area contributed by atoms with E-state index in [0.29, 0.717) is 13.0 Å². The number of hydrogen-bond acceptors (Lipinski definition) is 2. The zero-order chi connectivity index (χ0) is 14.2. The van der Waals surface area contributed by atoms with Gasteiger partial charge in [0.2, 0.25) is 5.91 Å². The van der Waals surface area contributed by atoms with Crippen molar-refractivity contribution in [1.29, 1.82) is 0 Å². The lowest BCUT2D eigenvalue weighted by Crippen LogP contribution is -2.35. The summed E-state index contributed by atoms with van der Waals surface area (Å²) in [6, 6.07) is 10.1. The molecular formula is C16H23IN2O. The number of piperidine rings is 1. The number of benzene rings is 1. The van der Waals surface area contributed by atoms with E-state index in [9.17, 15) is 4.79 Å². The summed E-state index contributed by atoms with van der Waals surface area (Å²) in [5, 5.41) is 2.99. The molecular weight excluding hydrogens is 363 g/mol. The van der Waals surface area contributed by atoms with Gasteiger partial charge >= 0.3 is 0 Å². The molecule has 0 unspecified atom stereocenters. The van der Waals surface area contributed by atoms with Crippen LogP contribution in [0.25, 0.3) is 0 Å². The van der Waals surface area contributed by atoms with Gasteiger partial charge in [-0.2, -0.15) is 0 Å². The molecule has 0 atom stereocenters. The molecule has 1 heterocycles. The molecule has 2 rings (SSSR count). The Bertz CT molecular complexity index is 402. The van der Waals surface area contributed by atoms with Gasteiger partial charge in [0, 0.05) is 16.9 Å². The van der Waals surface area contributed by atoms with Crippen molar-refractivity contribution in [2.24, 2.45) is 0 Å². The van der Waals surface area contributed by atoms with Gasteiger partial charge in [0.1, 0.15) is 0 Å². The molecule has 1 saturated heterocycles.